The van der Waals surface area contributed by atoms with Gasteiger partial charge in [0.1, 0.15) is 0 Å². The molecule has 0 spiro atoms. The first-order valence-corrected chi connectivity index (χ1v) is 7.19. The van der Waals surface area contributed by atoms with E-state index in [1.807, 2.05) is 18.4 Å². The van der Waals surface area contributed by atoms with Gasteiger partial charge in [-0.05, 0) is 25.8 Å². The van der Waals surface area contributed by atoms with E-state index < -0.39 is 5.60 Å². The summed E-state index contributed by atoms with van der Waals surface area (Å²) in [6.45, 7) is 3.35. The van der Waals surface area contributed by atoms with E-state index in [9.17, 15) is 9.90 Å². The second-order valence-corrected chi connectivity index (χ2v) is 5.91. The van der Waals surface area contributed by atoms with Crippen LogP contribution in [0.25, 0.3) is 0 Å². The quantitative estimate of drug-likeness (QED) is 0.755. The van der Waals surface area contributed by atoms with Gasteiger partial charge in [-0.2, -0.15) is 0 Å². The Bertz CT molecular complexity index is 515. The molecule has 0 aliphatic carbocycles. The zero-order valence-electron chi connectivity index (χ0n) is 11.0. The number of rotatable bonds is 1. The normalized spacial score (nSPS) is 17.7. The van der Waals surface area contributed by atoms with Gasteiger partial charge in [0.05, 0.1) is 22.6 Å². The lowest BCUT2D eigenvalue weighted by molar-refractivity contribution is -0.00201. The fourth-order valence-corrected chi connectivity index (χ4v) is 2.78. The first-order valence-electron chi connectivity index (χ1n) is 6.31. The van der Waals surface area contributed by atoms with E-state index in [2.05, 4.69) is 11.8 Å². The summed E-state index contributed by atoms with van der Waals surface area (Å²) >= 11 is 1.46. The highest BCUT2D eigenvalue weighted by molar-refractivity contribution is 7.10. The van der Waals surface area contributed by atoms with E-state index >= 15 is 0 Å². The molecule has 1 aromatic heterocycles. The molecule has 2 heterocycles. The third-order valence-electron chi connectivity index (χ3n) is 3.29. The minimum Gasteiger partial charge on any atom is -0.390 e. The molecule has 2 rings (SSSR count). The molecule has 0 atom stereocenters. The van der Waals surface area contributed by atoms with Crippen molar-refractivity contribution in [1.82, 2.24) is 4.90 Å². The van der Waals surface area contributed by atoms with Crippen LogP contribution in [0.5, 0.6) is 0 Å². The Hall–Kier alpha value is -1.35. The number of hydrogen-bond donors (Lipinski definition) is 2. The number of piperidine rings is 1. The average molecular weight is 278 g/mol. The first kappa shape index (κ1) is 14.1. The van der Waals surface area contributed by atoms with Crippen molar-refractivity contribution in [2.75, 3.05) is 19.6 Å². The van der Waals surface area contributed by atoms with E-state index in [4.69, 9.17) is 5.73 Å². The Kier molecular flexibility index (Phi) is 4.25. The largest absolute Gasteiger partial charge is 0.390 e. The minimum absolute atomic E-state index is 0.0209. The molecule has 4 nitrogen and oxygen atoms in total. The van der Waals surface area contributed by atoms with Crippen LogP contribution in [0.3, 0.4) is 0 Å². The molecule has 19 heavy (non-hydrogen) atoms. The van der Waals surface area contributed by atoms with Gasteiger partial charge in [0.2, 0.25) is 0 Å². The van der Waals surface area contributed by atoms with Gasteiger partial charge in [0, 0.05) is 18.5 Å². The van der Waals surface area contributed by atoms with Gasteiger partial charge in [0.25, 0.3) is 5.91 Å². The van der Waals surface area contributed by atoms with Crippen LogP contribution in [0, 0.1) is 11.8 Å². The van der Waals surface area contributed by atoms with E-state index in [-0.39, 0.29) is 5.91 Å². The molecule has 5 heteroatoms. The Balaban J connectivity index is 2.02. The van der Waals surface area contributed by atoms with Crippen LogP contribution in [0.2, 0.25) is 0 Å². The third-order valence-corrected chi connectivity index (χ3v) is 4.13. The summed E-state index contributed by atoms with van der Waals surface area (Å²) in [5.41, 5.74) is 5.36. The average Bonchev–Trinajstić information content (AvgIpc) is 2.84. The predicted molar refractivity (Wildman–Crippen MR) is 76.0 cm³/mol. The number of hydrogen-bond acceptors (Lipinski definition) is 4. The van der Waals surface area contributed by atoms with Crippen molar-refractivity contribution in [3.05, 3.63) is 21.9 Å². The summed E-state index contributed by atoms with van der Waals surface area (Å²) in [4.78, 5) is 14.9. The van der Waals surface area contributed by atoms with Gasteiger partial charge < -0.3 is 15.7 Å². The van der Waals surface area contributed by atoms with Crippen molar-refractivity contribution in [3.8, 4) is 11.8 Å². The van der Waals surface area contributed by atoms with E-state index in [1.54, 1.807) is 4.90 Å². The van der Waals surface area contributed by atoms with Crippen molar-refractivity contribution in [2.45, 2.75) is 25.4 Å². The van der Waals surface area contributed by atoms with E-state index in [0.717, 1.165) is 4.88 Å². The van der Waals surface area contributed by atoms with Crippen molar-refractivity contribution >= 4 is 17.2 Å². The van der Waals surface area contributed by atoms with Crippen LogP contribution in [0.1, 0.15) is 35.0 Å². The van der Waals surface area contributed by atoms with Gasteiger partial charge in [-0.25, -0.2) is 0 Å². The topological polar surface area (TPSA) is 66.6 Å². The molecule has 0 aromatic carbocycles. The zero-order valence-corrected chi connectivity index (χ0v) is 11.8. The second kappa shape index (κ2) is 5.74. The van der Waals surface area contributed by atoms with Crippen LogP contribution in [0.4, 0.5) is 0 Å². The van der Waals surface area contributed by atoms with Crippen molar-refractivity contribution in [2.24, 2.45) is 5.73 Å². The van der Waals surface area contributed by atoms with Gasteiger partial charge >= 0.3 is 0 Å². The van der Waals surface area contributed by atoms with Crippen LogP contribution in [-0.2, 0) is 0 Å². The lowest BCUT2D eigenvalue weighted by Gasteiger charge is -2.35. The predicted octanol–water partition coefficient (Wildman–Crippen LogP) is 1.05. The fraction of sp³-hybridized carbons (Fsp3) is 0.500. The molecule has 1 aromatic rings. The van der Waals surface area contributed by atoms with E-state index in [0.29, 0.717) is 38.0 Å². The van der Waals surface area contributed by atoms with Crippen LogP contribution < -0.4 is 5.73 Å². The summed E-state index contributed by atoms with van der Waals surface area (Å²) in [5.74, 6) is 5.73. The van der Waals surface area contributed by atoms with Gasteiger partial charge in [0.15, 0.2) is 0 Å². The lowest BCUT2D eigenvalue weighted by atomic mass is 9.93. The SMILES string of the molecule is CC1(O)CCN(C(=O)c2csc(C#CCN)c2)CC1. The summed E-state index contributed by atoms with van der Waals surface area (Å²) in [7, 11) is 0. The van der Waals surface area contributed by atoms with Gasteiger partial charge in [-0.15, -0.1) is 11.3 Å². The van der Waals surface area contributed by atoms with Gasteiger partial charge in [-0.3, -0.25) is 4.79 Å². The fourth-order valence-electron chi connectivity index (χ4n) is 2.03. The van der Waals surface area contributed by atoms with Crippen molar-refractivity contribution in [3.63, 3.8) is 0 Å². The molecule has 1 amide bonds. The van der Waals surface area contributed by atoms with Crippen molar-refractivity contribution in [1.29, 1.82) is 0 Å². The van der Waals surface area contributed by atoms with Crippen LogP contribution >= 0.6 is 11.3 Å². The number of likely N-dealkylation sites (tertiary alicyclic amines) is 1. The summed E-state index contributed by atoms with van der Waals surface area (Å²) in [6, 6.07) is 1.81. The molecule has 1 fully saturated rings. The minimum atomic E-state index is -0.636. The number of thiophene rings is 1. The Morgan fingerprint density at radius 2 is 2.26 bits per heavy atom. The number of aliphatic hydroxyl groups is 1. The molecule has 102 valence electrons. The highest BCUT2D eigenvalue weighted by atomic mass is 32.1. The number of carbonyl (C=O) groups is 1. The molecule has 3 N–H and O–H groups in total. The smallest absolute Gasteiger partial charge is 0.254 e. The highest BCUT2D eigenvalue weighted by Gasteiger charge is 2.30. The third kappa shape index (κ3) is 3.57. The molecule has 0 unspecified atom stereocenters. The van der Waals surface area contributed by atoms with Crippen LogP contribution in [-0.4, -0.2) is 41.1 Å². The molecular weight excluding hydrogens is 260 g/mol. The molecule has 1 saturated heterocycles. The van der Waals surface area contributed by atoms with Gasteiger partial charge in [-0.1, -0.05) is 11.8 Å². The Morgan fingerprint density at radius 3 is 2.89 bits per heavy atom. The Morgan fingerprint density at radius 1 is 1.58 bits per heavy atom. The summed E-state index contributed by atoms with van der Waals surface area (Å²) < 4.78 is 0. The number of nitrogens with zero attached hydrogens (tertiary/aromatic N) is 1. The highest BCUT2D eigenvalue weighted by Crippen LogP contribution is 2.23. The molecule has 0 saturated carbocycles. The van der Waals surface area contributed by atoms with Crippen LogP contribution in [0.15, 0.2) is 11.4 Å². The lowest BCUT2D eigenvalue weighted by Crippen LogP contribution is -2.45. The van der Waals surface area contributed by atoms with E-state index in [1.165, 1.54) is 11.3 Å². The molecule has 1 aliphatic rings. The Labute approximate surface area is 117 Å². The molecule has 1 aliphatic heterocycles. The summed E-state index contributed by atoms with van der Waals surface area (Å²) in [5, 5.41) is 11.7. The zero-order chi connectivity index (χ0) is 13.9. The maximum atomic E-state index is 12.3. The second-order valence-electron chi connectivity index (χ2n) is 4.99. The molecule has 0 radical (unpaired) electrons. The first-order chi connectivity index (χ1) is 9.02. The molecule has 0 bridgehead atoms. The number of carbonyl (C=O) groups excluding carboxylic acids is 1. The van der Waals surface area contributed by atoms with Crippen molar-refractivity contribution < 1.29 is 9.90 Å². The standard InChI is InChI=1S/C14H18N2O2S/c1-14(18)4-7-16(8-5-14)13(17)11-9-12(19-10-11)3-2-6-15/h9-10,18H,4-8,15H2,1H3. The number of nitrogens with two attached hydrogens (primary N) is 1. The summed E-state index contributed by atoms with van der Waals surface area (Å²) in [6.07, 6.45) is 1.26. The monoisotopic (exact) mass is 278 g/mol. The maximum absolute atomic E-state index is 12.3. The molecular formula is C14H18N2O2S. The maximum Gasteiger partial charge on any atom is 0.254 e. The number of amides is 1.